The van der Waals surface area contributed by atoms with Gasteiger partial charge in [-0.25, -0.2) is 0 Å². The molecule has 2 N–H and O–H groups in total. The number of fused-ring (bicyclic) bond motifs is 3. The van der Waals surface area contributed by atoms with Crippen molar-refractivity contribution in [3.05, 3.63) is 95.6 Å². The quantitative estimate of drug-likeness (QED) is 0.294. The third-order valence-corrected chi connectivity index (χ3v) is 9.41. The van der Waals surface area contributed by atoms with Gasteiger partial charge in [-0.1, -0.05) is 61.0 Å². The van der Waals surface area contributed by atoms with Crippen molar-refractivity contribution >= 4 is 33.3 Å². The van der Waals surface area contributed by atoms with Gasteiger partial charge < -0.3 is 10.4 Å². The highest BCUT2D eigenvalue weighted by atomic mass is 32.1. The summed E-state index contributed by atoms with van der Waals surface area (Å²) >= 11 is 1.84. The first-order chi connectivity index (χ1) is 17.5. The largest absolute Gasteiger partial charge is 0.481 e. The van der Waals surface area contributed by atoms with Gasteiger partial charge in [0.2, 0.25) is 0 Å². The summed E-state index contributed by atoms with van der Waals surface area (Å²) in [5.41, 5.74) is 4.47. The second kappa shape index (κ2) is 9.21. The van der Waals surface area contributed by atoms with Crippen molar-refractivity contribution in [1.82, 2.24) is 5.32 Å². The zero-order valence-electron chi connectivity index (χ0n) is 20.1. The van der Waals surface area contributed by atoms with E-state index in [9.17, 15) is 9.59 Å². The average Bonchev–Trinajstić information content (AvgIpc) is 3.63. The van der Waals surface area contributed by atoms with Crippen LogP contribution in [0.25, 0.3) is 20.5 Å². The van der Waals surface area contributed by atoms with Gasteiger partial charge in [0, 0.05) is 27.1 Å². The molecule has 0 radical (unpaired) electrons. The second-order valence-corrected chi connectivity index (χ2v) is 11.3. The van der Waals surface area contributed by atoms with Crippen molar-refractivity contribution in [3.8, 4) is 10.4 Å². The Bertz CT molecular complexity index is 1390. The van der Waals surface area contributed by atoms with E-state index in [4.69, 9.17) is 5.11 Å². The van der Waals surface area contributed by atoms with Gasteiger partial charge in [-0.15, -0.1) is 11.3 Å². The number of rotatable bonds is 7. The number of hydrogen-bond donors (Lipinski definition) is 2. The van der Waals surface area contributed by atoms with Crippen LogP contribution in [0.2, 0.25) is 0 Å². The lowest BCUT2D eigenvalue weighted by Gasteiger charge is -2.39. The summed E-state index contributed by atoms with van der Waals surface area (Å²) in [6.07, 6.45) is 4.92. The molecule has 2 fully saturated rings. The number of carboxylic acids is 1. The number of benzene rings is 3. The molecule has 3 atom stereocenters. The van der Waals surface area contributed by atoms with Crippen molar-refractivity contribution in [1.29, 1.82) is 0 Å². The summed E-state index contributed by atoms with van der Waals surface area (Å²) in [5.74, 6) is 0.240. The maximum atomic E-state index is 12.5. The molecule has 1 heterocycles. The fourth-order valence-electron chi connectivity index (χ4n) is 6.56. The Balaban J connectivity index is 1.29. The predicted molar refractivity (Wildman–Crippen MR) is 145 cm³/mol. The molecule has 4 nitrogen and oxygen atoms in total. The molecule has 0 aliphatic heterocycles. The number of amides is 1. The highest BCUT2D eigenvalue weighted by Crippen LogP contribution is 2.60. The minimum Gasteiger partial charge on any atom is -0.481 e. The third kappa shape index (κ3) is 4.01. The van der Waals surface area contributed by atoms with Crippen molar-refractivity contribution in [2.75, 3.05) is 6.54 Å². The molecule has 5 heteroatoms. The van der Waals surface area contributed by atoms with Crippen molar-refractivity contribution in [3.63, 3.8) is 0 Å². The Labute approximate surface area is 215 Å². The molecular formula is C31H29NO3S. The van der Waals surface area contributed by atoms with Gasteiger partial charge in [-0.05, 0) is 77.4 Å². The average molecular weight is 496 g/mol. The van der Waals surface area contributed by atoms with E-state index in [0.717, 1.165) is 12.3 Å². The Hall–Kier alpha value is -3.44. The monoisotopic (exact) mass is 495 g/mol. The van der Waals surface area contributed by atoms with Crippen LogP contribution in [0.5, 0.6) is 0 Å². The van der Waals surface area contributed by atoms with Crippen LogP contribution in [0.1, 0.15) is 53.6 Å². The van der Waals surface area contributed by atoms with Crippen molar-refractivity contribution in [2.45, 2.75) is 37.5 Å². The fraction of sp³-hybridized carbons (Fsp3) is 0.290. The lowest BCUT2D eigenvalue weighted by molar-refractivity contribution is -0.136. The standard InChI is InChI=1S/C31H29NO3S/c33-29(34)15-16-32-30(35)22-8-13-25(14-9-22)31(19-20-5-10-26(31)17-20)24-11-6-21(7-12-24)28-18-23-3-1-2-4-27(23)36-28/h1-4,6-9,11-14,18,20,26H,5,10,15-17,19H2,(H,32,35)(H,33,34). The highest BCUT2D eigenvalue weighted by molar-refractivity contribution is 7.22. The molecule has 3 unspecified atom stereocenters. The number of carbonyl (C=O) groups excluding carboxylic acids is 1. The first kappa shape index (κ1) is 23.0. The number of carboxylic acid groups (broad SMARTS) is 1. The third-order valence-electron chi connectivity index (χ3n) is 8.25. The summed E-state index contributed by atoms with van der Waals surface area (Å²) in [6, 6.07) is 28.0. The lowest BCUT2D eigenvalue weighted by Crippen LogP contribution is -2.34. The van der Waals surface area contributed by atoms with E-state index < -0.39 is 5.97 Å². The molecule has 0 saturated heterocycles. The van der Waals surface area contributed by atoms with Crippen molar-refractivity contribution < 1.29 is 14.7 Å². The normalized spacial score (nSPS) is 22.7. The van der Waals surface area contributed by atoms with E-state index in [1.54, 1.807) is 0 Å². The number of hydrogen-bond acceptors (Lipinski definition) is 3. The van der Waals surface area contributed by atoms with Gasteiger partial charge in [-0.3, -0.25) is 9.59 Å². The molecule has 3 aromatic carbocycles. The minimum absolute atomic E-state index is 0.0140. The van der Waals surface area contributed by atoms with E-state index in [0.29, 0.717) is 11.5 Å². The van der Waals surface area contributed by atoms with Crippen LogP contribution >= 0.6 is 11.3 Å². The molecule has 2 aliphatic carbocycles. The van der Waals surface area contributed by atoms with Crippen LogP contribution in [0.4, 0.5) is 0 Å². The summed E-state index contributed by atoms with van der Waals surface area (Å²) in [5, 5.41) is 12.8. The maximum absolute atomic E-state index is 12.5. The fourth-order valence-corrected chi connectivity index (χ4v) is 7.63. The Kier molecular flexibility index (Phi) is 5.88. The van der Waals surface area contributed by atoms with Crippen molar-refractivity contribution in [2.24, 2.45) is 11.8 Å². The van der Waals surface area contributed by atoms with Crippen LogP contribution in [-0.2, 0) is 10.2 Å². The van der Waals surface area contributed by atoms with Gasteiger partial charge in [0.15, 0.2) is 0 Å². The first-order valence-electron chi connectivity index (χ1n) is 12.7. The summed E-state index contributed by atoms with van der Waals surface area (Å²) in [4.78, 5) is 24.5. The van der Waals surface area contributed by atoms with Gasteiger partial charge in [0.25, 0.3) is 5.91 Å². The van der Waals surface area contributed by atoms with Gasteiger partial charge in [0.1, 0.15) is 0 Å². The minimum atomic E-state index is -0.915. The van der Waals surface area contributed by atoms with Gasteiger partial charge in [-0.2, -0.15) is 0 Å². The van der Waals surface area contributed by atoms with Crippen LogP contribution < -0.4 is 5.32 Å². The van der Waals surface area contributed by atoms with E-state index in [2.05, 4.69) is 72.0 Å². The SMILES string of the molecule is O=C(O)CCNC(=O)c1ccc(C2(c3ccc(-c4cc5ccccc5s4)cc3)CC3CCC2C3)cc1. The van der Waals surface area contributed by atoms with E-state index in [1.165, 1.54) is 50.9 Å². The molecule has 2 bridgehead atoms. The van der Waals surface area contributed by atoms with Gasteiger partial charge in [0.05, 0.1) is 6.42 Å². The number of thiophene rings is 1. The zero-order chi connectivity index (χ0) is 24.7. The molecule has 0 spiro atoms. The van der Waals surface area contributed by atoms with E-state index in [1.807, 2.05) is 23.5 Å². The second-order valence-electron chi connectivity index (χ2n) is 10.3. The molecule has 4 aromatic rings. The highest BCUT2D eigenvalue weighted by Gasteiger charge is 2.52. The number of carbonyl (C=O) groups is 2. The topological polar surface area (TPSA) is 66.4 Å². The Morgan fingerprint density at radius 2 is 1.67 bits per heavy atom. The van der Waals surface area contributed by atoms with Crippen LogP contribution in [0.15, 0.2) is 78.9 Å². The predicted octanol–water partition coefficient (Wildman–Crippen LogP) is 6.88. The smallest absolute Gasteiger partial charge is 0.305 e. The molecule has 1 amide bonds. The molecular weight excluding hydrogens is 466 g/mol. The van der Waals surface area contributed by atoms with E-state index in [-0.39, 0.29) is 24.3 Å². The number of aliphatic carboxylic acids is 1. The van der Waals surface area contributed by atoms with E-state index >= 15 is 0 Å². The molecule has 2 saturated carbocycles. The Morgan fingerprint density at radius 1 is 0.944 bits per heavy atom. The molecule has 6 rings (SSSR count). The zero-order valence-corrected chi connectivity index (χ0v) is 20.9. The first-order valence-corrected chi connectivity index (χ1v) is 13.5. The lowest BCUT2D eigenvalue weighted by atomic mass is 9.64. The maximum Gasteiger partial charge on any atom is 0.305 e. The van der Waals surface area contributed by atoms with Gasteiger partial charge >= 0.3 is 5.97 Å². The molecule has 2 aliphatic rings. The summed E-state index contributed by atoms with van der Waals surface area (Å²) < 4.78 is 1.31. The summed E-state index contributed by atoms with van der Waals surface area (Å²) in [7, 11) is 0. The summed E-state index contributed by atoms with van der Waals surface area (Å²) in [6.45, 7) is 0.135. The number of nitrogens with one attached hydrogen (secondary N) is 1. The van der Waals surface area contributed by atoms with Crippen LogP contribution in [-0.4, -0.2) is 23.5 Å². The van der Waals surface area contributed by atoms with Crippen LogP contribution in [0, 0.1) is 11.8 Å². The van der Waals surface area contributed by atoms with Crippen LogP contribution in [0.3, 0.4) is 0 Å². The Morgan fingerprint density at radius 3 is 2.31 bits per heavy atom. The molecule has 182 valence electrons. The molecule has 36 heavy (non-hydrogen) atoms. The molecule has 1 aromatic heterocycles.